The Balaban J connectivity index is 2.81. The van der Waals surface area contributed by atoms with Gasteiger partial charge < -0.3 is 48.9 Å². The van der Waals surface area contributed by atoms with Crippen LogP contribution in [0.5, 0.6) is 0 Å². The number of hydrogen-bond donors (Lipinski definition) is 9. The first-order valence-corrected chi connectivity index (χ1v) is 6.94. The van der Waals surface area contributed by atoms with Crippen LogP contribution >= 0.6 is 0 Å². The maximum atomic E-state index is 10.3. The van der Waals surface area contributed by atoms with Gasteiger partial charge in [-0.3, -0.25) is 10.4 Å². The molecule has 12 nitrogen and oxygen atoms in total. The van der Waals surface area contributed by atoms with E-state index in [0.29, 0.717) is 0 Å². The fraction of sp³-hybridized carbons (Fsp3) is 0.727. The van der Waals surface area contributed by atoms with Crippen molar-refractivity contribution < 1.29 is 14.9 Å². The molecular weight excluding hydrogens is 306 g/mol. The van der Waals surface area contributed by atoms with Gasteiger partial charge in [-0.1, -0.05) is 0 Å². The molecule has 0 aromatic carbocycles. The Morgan fingerprint density at radius 1 is 1.13 bits per heavy atom. The zero-order valence-electron chi connectivity index (χ0n) is 12.6. The first-order valence-electron chi connectivity index (χ1n) is 6.94. The number of nitrogens with zero attached hydrogens (tertiary/aromatic N) is 2. The summed E-state index contributed by atoms with van der Waals surface area (Å²) >= 11 is 0. The lowest BCUT2D eigenvalue weighted by molar-refractivity contribution is -0.127. The third-order valence-corrected chi connectivity index (χ3v) is 3.33. The maximum absolute atomic E-state index is 10.3. The molecule has 0 heterocycles. The van der Waals surface area contributed by atoms with E-state index in [1.54, 1.807) is 0 Å². The van der Waals surface area contributed by atoms with Crippen molar-refractivity contribution in [2.24, 2.45) is 38.7 Å². The normalized spacial score (nSPS) is 30.3. The van der Waals surface area contributed by atoms with Crippen LogP contribution in [0.25, 0.3) is 0 Å². The fourth-order valence-electron chi connectivity index (χ4n) is 2.43. The van der Waals surface area contributed by atoms with E-state index in [9.17, 15) is 10.2 Å². The topological polar surface area (TPSA) is 240 Å². The van der Waals surface area contributed by atoms with Crippen molar-refractivity contribution in [3.05, 3.63) is 0 Å². The number of nitrogens with two attached hydrogens (primary N) is 5. The zero-order chi connectivity index (χ0) is 17.6. The molecule has 5 atom stereocenters. The molecule has 23 heavy (non-hydrogen) atoms. The average Bonchev–Trinajstić information content (AvgIpc) is 2.42. The summed E-state index contributed by atoms with van der Waals surface area (Å²) in [6.07, 6.45) is -3.14. The van der Waals surface area contributed by atoms with E-state index in [-0.39, 0.29) is 37.5 Å². The highest BCUT2D eigenvalue weighted by Crippen LogP contribution is 2.25. The smallest absolute Gasteiger partial charge is 0.186 e. The number of aliphatic imine (C=N–C) groups is 2. The minimum Gasteiger partial charge on any atom is -0.388 e. The lowest BCUT2D eigenvalue weighted by Gasteiger charge is -2.41. The Bertz CT molecular complexity index is 462. The predicted octanol–water partition coefficient (Wildman–Crippen LogP) is -4.74. The van der Waals surface area contributed by atoms with Gasteiger partial charge in [-0.25, -0.2) is 4.99 Å². The highest BCUT2D eigenvalue weighted by molar-refractivity contribution is 5.76. The number of hydrogen-bond acceptors (Lipinski definition) is 6. The molecule has 0 amide bonds. The summed E-state index contributed by atoms with van der Waals surface area (Å²) in [5.74, 6) is -0.598. The lowest BCUT2D eigenvalue weighted by Crippen LogP contribution is -2.62. The van der Waals surface area contributed by atoms with Gasteiger partial charge in [-0.15, -0.1) is 0 Å². The summed E-state index contributed by atoms with van der Waals surface area (Å²) < 4.78 is 5.52. The standard InChI is InChI=1S/C11H25N9O3/c12-9(13)18-1-2-23-8-5(20-11(16)17)3-4(19-10(14)15)6(21)7(8)22/h4-8,21-22H,1-3H2,(H4,12,13,18)(H4,14,15,19)(H4,16,17,20)/t4-,5+,6+,7-,8-/m1/s1. The quantitative estimate of drug-likeness (QED) is 0.129. The van der Waals surface area contributed by atoms with Crippen molar-refractivity contribution in [1.29, 1.82) is 5.41 Å². The summed E-state index contributed by atoms with van der Waals surface area (Å²) in [7, 11) is 0. The molecule has 14 N–H and O–H groups in total. The maximum Gasteiger partial charge on any atom is 0.186 e. The van der Waals surface area contributed by atoms with Gasteiger partial charge >= 0.3 is 0 Å². The van der Waals surface area contributed by atoms with Gasteiger partial charge in [0.2, 0.25) is 0 Å². The number of guanidine groups is 3. The molecule has 132 valence electrons. The minimum absolute atomic E-state index is 0.0793. The molecule has 1 aliphatic rings. The van der Waals surface area contributed by atoms with Gasteiger partial charge in [0, 0.05) is 0 Å². The SMILES string of the molecule is N=C(N)N[C@@H]1C[C@H](N=C(N)N)[C@@H](OCCN=C(N)N)[C@H](O)[C@H]1O. The molecule has 1 saturated carbocycles. The highest BCUT2D eigenvalue weighted by atomic mass is 16.5. The van der Waals surface area contributed by atoms with E-state index in [0.717, 1.165) is 0 Å². The molecule has 0 saturated heterocycles. The number of rotatable bonds is 6. The minimum atomic E-state index is -1.28. The van der Waals surface area contributed by atoms with Crippen LogP contribution in [0.15, 0.2) is 9.98 Å². The molecule has 1 rings (SSSR count). The second-order valence-corrected chi connectivity index (χ2v) is 5.14. The van der Waals surface area contributed by atoms with Crippen molar-refractivity contribution in [1.82, 2.24) is 5.32 Å². The van der Waals surface area contributed by atoms with Crippen molar-refractivity contribution in [2.45, 2.75) is 36.8 Å². The van der Waals surface area contributed by atoms with Crippen molar-refractivity contribution in [3.8, 4) is 0 Å². The van der Waals surface area contributed by atoms with Crippen LogP contribution in [-0.2, 0) is 4.74 Å². The van der Waals surface area contributed by atoms with Crippen LogP contribution < -0.4 is 34.0 Å². The second kappa shape index (κ2) is 8.36. The van der Waals surface area contributed by atoms with Crippen LogP contribution in [-0.4, -0.2) is 71.6 Å². The third kappa shape index (κ3) is 5.77. The molecular formula is C11H25N9O3. The van der Waals surface area contributed by atoms with E-state index < -0.39 is 30.4 Å². The van der Waals surface area contributed by atoms with E-state index in [1.165, 1.54) is 0 Å². The van der Waals surface area contributed by atoms with Gasteiger partial charge in [0.15, 0.2) is 17.9 Å². The monoisotopic (exact) mass is 331 g/mol. The molecule has 12 heteroatoms. The number of aliphatic hydroxyl groups is 2. The number of ether oxygens (including phenoxy) is 1. The number of nitrogens with one attached hydrogen (secondary N) is 2. The largest absolute Gasteiger partial charge is 0.388 e. The summed E-state index contributed by atoms with van der Waals surface area (Å²) in [6, 6.07) is -1.32. The summed E-state index contributed by atoms with van der Waals surface area (Å²) in [6.45, 7) is 0.291. The van der Waals surface area contributed by atoms with Crippen molar-refractivity contribution >= 4 is 17.9 Å². The molecule has 0 aliphatic heterocycles. The molecule has 0 unspecified atom stereocenters. The Morgan fingerprint density at radius 2 is 1.78 bits per heavy atom. The Morgan fingerprint density at radius 3 is 2.30 bits per heavy atom. The molecule has 0 aromatic rings. The summed E-state index contributed by atoms with van der Waals surface area (Å²) in [4.78, 5) is 7.77. The molecule has 1 aliphatic carbocycles. The summed E-state index contributed by atoms with van der Waals surface area (Å²) in [5.41, 5.74) is 26.5. The van der Waals surface area contributed by atoms with Gasteiger partial charge in [0.05, 0.1) is 25.2 Å². The lowest BCUT2D eigenvalue weighted by atomic mass is 9.84. The van der Waals surface area contributed by atoms with Crippen molar-refractivity contribution in [2.75, 3.05) is 13.2 Å². The van der Waals surface area contributed by atoms with E-state index >= 15 is 0 Å². The first kappa shape index (κ1) is 18.7. The molecule has 0 radical (unpaired) electrons. The molecule has 1 fully saturated rings. The van der Waals surface area contributed by atoms with Gasteiger partial charge in [-0.2, -0.15) is 0 Å². The average molecular weight is 331 g/mol. The van der Waals surface area contributed by atoms with Crippen LogP contribution in [0, 0.1) is 5.41 Å². The second-order valence-electron chi connectivity index (χ2n) is 5.14. The third-order valence-electron chi connectivity index (χ3n) is 3.33. The fourth-order valence-corrected chi connectivity index (χ4v) is 2.43. The van der Waals surface area contributed by atoms with Gasteiger partial charge in [-0.05, 0) is 6.42 Å². The van der Waals surface area contributed by atoms with Crippen LogP contribution in [0.1, 0.15) is 6.42 Å². The van der Waals surface area contributed by atoms with E-state index in [4.69, 9.17) is 38.8 Å². The van der Waals surface area contributed by atoms with E-state index in [1.807, 2.05) is 0 Å². The summed E-state index contributed by atoms with van der Waals surface area (Å²) in [5, 5.41) is 30.2. The van der Waals surface area contributed by atoms with Gasteiger partial charge in [0.1, 0.15) is 18.3 Å². The Kier molecular flexibility index (Phi) is 6.81. The number of aliphatic hydroxyl groups excluding tert-OH is 2. The van der Waals surface area contributed by atoms with Gasteiger partial charge in [0.25, 0.3) is 0 Å². The van der Waals surface area contributed by atoms with E-state index in [2.05, 4.69) is 15.3 Å². The first-order chi connectivity index (χ1) is 10.7. The Labute approximate surface area is 133 Å². The molecule has 0 spiro atoms. The Hall–Kier alpha value is -2.31. The van der Waals surface area contributed by atoms with Crippen LogP contribution in [0.2, 0.25) is 0 Å². The predicted molar refractivity (Wildman–Crippen MR) is 85.5 cm³/mol. The highest BCUT2D eigenvalue weighted by Gasteiger charge is 2.44. The molecule has 0 aromatic heterocycles. The molecule has 0 bridgehead atoms. The zero-order valence-corrected chi connectivity index (χ0v) is 12.6. The van der Waals surface area contributed by atoms with Crippen LogP contribution in [0.4, 0.5) is 0 Å². The van der Waals surface area contributed by atoms with Crippen molar-refractivity contribution in [3.63, 3.8) is 0 Å². The van der Waals surface area contributed by atoms with Crippen LogP contribution in [0.3, 0.4) is 0 Å².